The molecule has 1 aliphatic carbocycles. The number of anilines is 1. The number of H-pyrrole nitrogens is 1. The maximum Gasteiger partial charge on any atom is 0.306 e. The van der Waals surface area contributed by atoms with Gasteiger partial charge in [0.15, 0.2) is 0 Å². The summed E-state index contributed by atoms with van der Waals surface area (Å²) in [6.07, 6.45) is 2.98. The van der Waals surface area contributed by atoms with Gasteiger partial charge in [0.25, 0.3) is 0 Å². The van der Waals surface area contributed by atoms with Crippen LogP contribution in [0.25, 0.3) is 21.9 Å². The first-order valence-electron chi connectivity index (χ1n) is 10.5. The highest BCUT2D eigenvalue weighted by Gasteiger charge is 2.29. The van der Waals surface area contributed by atoms with Crippen LogP contribution in [0.15, 0.2) is 54.6 Å². The third-order valence-electron chi connectivity index (χ3n) is 6.12. The second-order valence-electron chi connectivity index (χ2n) is 8.05. The Bertz CT molecular complexity index is 1190. The summed E-state index contributed by atoms with van der Waals surface area (Å²) in [4.78, 5) is 24.5. The Morgan fingerprint density at radius 3 is 2.50 bits per heavy atom. The van der Waals surface area contributed by atoms with Gasteiger partial charge < -0.3 is 15.4 Å². The molecular formula is C24H24N4O2. The topological polar surface area (TPSA) is 90.9 Å². The molecule has 30 heavy (non-hydrogen) atoms. The van der Waals surface area contributed by atoms with Gasteiger partial charge in [-0.3, -0.25) is 4.79 Å². The maximum absolute atomic E-state index is 11.3. The SMILES string of the molecule is O=C(O)C1CCC(c2nc(NCc3ccccc3)c3c(n2)[nH]c2ccccc23)CC1. The van der Waals surface area contributed by atoms with Crippen molar-refractivity contribution < 1.29 is 9.90 Å². The molecule has 0 unspecified atom stereocenters. The van der Waals surface area contributed by atoms with Gasteiger partial charge in [-0.05, 0) is 37.3 Å². The highest BCUT2D eigenvalue weighted by atomic mass is 16.4. The fraction of sp³-hybridized carbons (Fsp3) is 0.292. The van der Waals surface area contributed by atoms with Crippen molar-refractivity contribution in [3.05, 3.63) is 66.0 Å². The number of nitrogens with zero attached hydrogens (tertiary/aromatic N) is 2. The monoisotopic (exact) mass is 400 g/mol. The lowest BCUT2D eigenvalue weighted by molar-refractivity contribution is -0.142. The second kappa shape index (κ2) is 7.78. The molecule has 5 rings (SSSR count). The van der Waals surface area contributed by atoms with Crippen molar-refractivity contribution in [2.45, 2.75) is 38.1 Å². The van der Waals surface area contributed by atoms with E-state index in [4.69, 9.17) is 9.97 Å². The summed E-state index contributed by atoms with van der Waals surface area (Å²) in [6, 6.07) is 18.4. The zero-order valence-electron chi connectivity index (χ0n) is 16.6. The van der Waals surface area contributed by atoms with Gasteiger partial charge in [0, 0.05) is 23.4 Å². The molecule has 1 aliphatic rings. The molecule has 0 amide bonds. The number of hydrogen-bond donors (Lipinski definition) is 3. The molecule has 0 bridgehead atoms. The largest absolute Gasteiger partial charge is 0.481 e. The van der Waals surface area contributed by atoms with Gasteiger partial charge in [0.2, 0.25) is 0 Å². The predicted octanol–water partition coefficient (Wildman–Crippen LogP) is 5.08. The lowest BCUT2D eigenvalue weighted by Gasteiger charge is -2.25. The quantitative estimate of drug-likeness (QED) is 0.434. The average Bonchev–Trinajstić information content (AvgIpc) is 3.17. The molecule has 1 saturated carbocycles. The van der Waals surface area contributed by atoms with Crippen LogP contribution in [0.2, 0.25) is 0 Å². The number of hydrogen-bond acceptors (Lipinski definition) is 4. The van der Waals surface area contributed by atoms with Crippen LogP contribution >= 0.6 is 0 Å². The van der Waals surface area contributed by atoms with Crippen LogP contribution in [-0.4, -0.2) is 26.0 Å². The zero-order chi connectivity index (χ0) is 20.5. The minimum absolute atomic E-state index is 0.189. The van der Waals surface area contributed by atoms with Gasteiger partial charge in [-0.25, -0.2) is 9.97 Å². The van der Waals surface area contributed by atoms with E-state index in [2.05, 4.69) is 34.6 Å². The van der Waals surface area contributed by atoms with Crippen molar-refractivity contribution in [3.63, 3.8) is 0 Å². The third kappa shape index (κ3) is 3.49. The van der Waals surface area contributed by atoms with Crippen LogP contribution in [0.1, 0.15) is 43.0 Å². The van der Waals surface area contributed by atoms with Gasteiger partial charge >= 0.3 is 5.97 Å². The second-order valence-corrected chi connectivity index (χ2v) is 8.05. The summed E-state index contributed by atoms with van der Waals surface area (Å²) in [7, 11) is 0. The average molecular weight is 400 g/mol. The number of aromatic amines is 1. The molecule has 1 fully saturated rings. The van der Waals surface area contributed by atoms with Crippen LogP contribution in [0.3, 0.4) is 0 Å². The molecule has 2 heterocycles. The summed E-state index contributed by atoms with van der Waals surface area (Å²) in [6.45, 7) is 0.678. The van der Waals surface area contributed by atoms with Crippen molar-refractivity contribution in [2.24, 2.45) is 5.92 Å². The Labute approximate surface area is 174 Å². The number of carboxylic acids is 1. The van der Waals surface area contributed by atoms with E-state index >= 15 is 0 Å². The molecule has 4 aromatic rings. The summed E-state index contributed by atoms with van der Waals surface area (Å²) >= 11 is 0. The summed E-state index contributed by atoms with van der Waals surface area (Å²) in [5, 5.41) is 14.9. The maximum atomic E-state index is 11.3. The first-order valence-corrected chi connectivity index (χ1v) is 10.5. The molecular weight excluding hydrogens is 376 g/mol. The first kappa shape index (κ1) is 18.6. The number of fused-ring (bicyclic) bond motifs is 3. The van der Waals surface area contributed by atoms with E-state index in [1.807, 2.05) is 30.3 Å². The molecule has 0 saturated heterocycles. The minimum atomic E-state index is -0.689. The number of benzene rings is 2. The number of rotatable bonds is 5. The standard InChI is InChI=1S/C24H24N4O2/c29-24(30)17-12-10-16(11-13-17)21-27-22(25-14-15-6-2-1-3-7-15)20-18-8-4-5-9-19(18)26-23(20)28-21/h1-9,16-17H,10-14H2,(H,29,30)(H2,25,26,27,28). The fourth-order valence-electron chi connectivity index (χ4n) is 4.45. The third-order valence-corrected chi connectivity index (χ3v) is 6.12. The van der Waals surface area contributed by atoms with Crippen LogP contribution < -0.4 is 5.32 Å². The van der Waals surface area contributed by atoms with E-state index in [-0.39, 0.29) is 11.8 Å². The van der Waals surface area contributed by atoms with E-state index in [0.717, 1.165) is 46.4 Å². The van der Waals surface area contributed by atoms with Gasteiger partial charge in [0.1, 0.15) is 17.3 Å². The van der Waals surface area contributed by atoms with Gasteiger partial charge in [-0.2, -0.15) is 0 Å². The van der Waals surface area contributed by atoms with Gasteiger partial charge in [-0.15, -0.1) is 0 Å². The number of carboxylic acid groups (broad SMARTS) is 1. The van der Waals surface area contributed by atoms with E-state index in [1.165, 1.54) is 5.56 Å². The molecule has 6 heteroatoms. The van der Waals surface area contributed by atoms with Crippen LogP contribution in [0.5, 0.6) is 0 Å². The van der Waals surface area contributed by atoms with E-state index in [9.17, 15) is 9.90 Å². The Morgan fingerprint density at radius 1 is 1.00 bits per heavy atom. The highest BCUT2D eigenvalue weighted by Crippen LogP contribution is 2.37. The number of aromatic nitrogens is 3. The lowest BCUT2D eigenvalue weighted by Crippen LogP contribution is -2.21. The Morgan fingerprint density at radius 2 is 1.73 bits per heavy atom. The summed E-state index contributed by atoms with van der Waals surface area (Å²) < 4.78 is 0. The van der Waals surface area contributed by atoms with Crippen molar-refractivity contribution in [3.8, 4) is 0 Å². The summed E-state index contributed by atoms with van der Waals surface area (Å²) in [5.41, 5.74) is 3.06. The fourth-order valence-corrected chi connectivity index (χ4v) is 4.45. The van der Waals surface area contributed by atoms with Crippen molar-refractivity contribution in [2.75, 3.05) is 5.32 Å². The Kier molecular flexibility index (Phi) is 4.83. The number of nitrogens with one attached hydrogen (secondary N) is 2. The number of carbonyl (C=O) groups is 1. The van der Waals surface area contributed by atoms with Crippen molar-refractivity contribution in [1.82, 2.24) is 15.0 Å². The normalized spacial score (nSPS) is 19.2. The lowest BCUT2D eigenvalue weighted by atomic mass is 9.81. The molecule has 0 radical (unpaired) electrons. The van der Waals surface area contributed by atoms with Crippen LogP contribution in [0, 0.1) is 5.92 Å². The Hall–Kier alpha value is -3.41. The van der Waals surface area contributed by atoms with Crippen molar-refractivity contribution in [1.29, 1.82) is 0 Å². The zero-order valence-corrected chi connectivity index (χ0v) is 16.6. The van der Waals surface area contributed by atoms with Gasteiger partial charge in [-0.1, -0.05) is 48.5 Å². The first-order chi connectivity index (χ1) is 14.7. The highest BCUT2D eigenvalue weighted by molar-refractivity contribution is 6.11. The Balaban J connectivity index is 1.52. The van der Waals surface area contributed by atoms with Crippen molar-refractivity contribution >= 4 is 33.7 Å². The smallest absolute Gasteiger partial charge is 0.306 e. The number of para-hydroxylation sites is 1. The predicted molar refractivity (Wildman–Crippen MR) is 117 cm³/mol. The van der Waals surface area contributed by atoms with Crippen LogP contribution in [0.4, 0.5) is 5.82 Å². The van der Waals surface area contributed by atoms with Gasteiger partial charge in [0.05, 0.1) is 11.3 Å². The molecule has 0 atom stereocenters. The molecule has 2 aromatic heterocycles. The van der Waals surface area contributed by atoms with E-state index < -0.39 is 5.97 Å². The van der Waals surface area contributed by atoms with Crippen LogP contribution in [-0.2, 0) is 11.3 Å². The summed E-state index contributed by atoms with van der Waals surface area (Å²) in [5.74, 6) is 0.887. The molecule has 0 aliphatic heterocycles. The molecule has 6 nitrogen and oxygen atoms in total. The molecule has 0 spiro atoms. The molecule has 2 aromatic carbocycles. The van der Waals surface area contributed by atoms with E-state index in [0.29, 0.717) is 19.4 Å². The van der Waals surface area contributed by atoms with E-state index in [1.54, 1.807) is 0 Å². The number of aliphatic carboxylic acids is 1. The minimum Gasteiger partial charge on any atom is -0.481 e. The molecule has 152 valence electrons. The molecule has 3 N–H and O–H groups in total.